The predicted octanol–water partition coefficient (Wildman–Crippen LogP) is 3.75. The number of aromatic nitrogens is 1. The van der Waals surface area contributed by atoms with Crippen LogP contribution in [0.4, 0.5) is 13.2 Å². The van der Waals surface area contributed by atoms with Gasteiger partial charge >= 0.3 is 12.1 Å². The highest BCUT2D eigenvalue weighted by Gasteiger charge is 2.38. The third kappa shape index (κ3) is 2.79. The molecule has 2 rings (SSSR count). The fourth-order valence-corrected chi connectivity index (χ4v) is 2.32. The standard InChI is InChI=1S/C12H7F3INO3/c1-19-11(18)7-4-2-6(3-5-7)9-8(16)10(17-20-9)12(13,14)15/h2-5H,1H3. The van der Waals surface area contributed by atoms with Crippen LogP contribution in [0.15, 0.2) is 28.8 Å². The number of benzene rings is 1. The predicted molar refractivity (Wildman–Crippen MR) is 71.0 cm³/mol. The van der Waals surface area contributed by atoms with Gasteiger partial charge in [0.05, 0.1) is 16.2 Å². The molecule has 0 aliphatic carbocycles. The molecular weight excluding hydrogens is 390 g/mol. The quantitative estimate of drug-likeness (QED) is 0.572. The van der Waals surface area contributed by atoms with Crippen molar-refractivity contribution in [2.24, 2.45) is 0 Å². The van der Waals surface area contributed by atoms with Crippen molar-refractivity contribution in [1.82, 2.24) is 5.16 Å². The average Bonchev–Trinajstić information content (AvgIpc) is 2.80. The fraction of sp³-hybridized carbons (Fsp3) is 0.167. The number of halogens is 4. The Labute approximate surface area is 125 Å². The van der Waals surface area contributed by atoms with Crippen molar-refractivity contribution in [3.05, 3.63) is 39.1 Å². The number of methoxy groups -OCH3 is 1. The molecule has 0 aliphatic rings. The molecule has 0 atom stereocenters. The van der Waals surface area contributed by atoms with Crippen LogP contribution in [0.1, 0.15) is 16.1 Å². The molecule has 0 saturated heterocycles. The summed E-state index contributed by atoms with van der Waals surface area (Å²) >= 11 is 1.53. The average molecular weight is 397 g/mol. The molecule has 8 heteroatoms. The van der Waals surface area contributed by atoms with Crippen molar-refractivity contribution in [2.45, 2.75) is 6.18 Å². The summed E-state index contributed by atoms with van der Waals surface area (Å²) in [7, 11) is 1.24. The molecule has 1 aromatic carbocycles. The van der Waals surface area contributed by atoms with Crippen molar-refractivity contribution in [3.63, 3.8) is 0 Å². The van der Waals surface area contributed by atoms with Crippen molar-refractivity contribution < 1.29 is 27.2 Å². The van der Waals surface area contributed by atoms with Crippen LogP contribution >= 0.6 is 22.6 Å². The van der Waals surface area contributed by atoms with Gasteiger partial charge in [-0.2, -0.15) is 13.2 Å². The molecule has 0 spiro atoms. The molecule has 0 bridgehead atoms. The van der Waals surface area contributed by atoms with E-state index in [1.807, 2.05) is 0 Å². The van der Waals surface area contributed by atoms with Crippen LogP contribution < -0.4 is 0 Å². The molecule has 20 heavy (non-hydrogen) atoms. The number of alkyl halides is 3. The Bertz CT molecular complexity index is 634. The number of ether oxygens (including phenoxy) is 1. The third-order valence-electron chi connectivity index (χ3n) is 2.47. The summed E-state index contributed by atoms with van der Waals surface area (Å²) in [6, 6.07) is 5.81. The Morgan fingerprint density at radius 1 is 1.30 bits per heavy atom. The molecule has 0 aliphatic heterocycles. The summed E-state index contributed by atoms with van der Waals surface area (Å²) in [5, 5.41) is 3.04. The lowest BCUT2D eigenvalue weighted by Gasteiger charge is -2.02. The van der Waals surface area contributed by atoms with E-state index in [0.29, 0.717) is 11.1 Å². The second-order valence-electron chi connectivity index (χ2n) is 3.74. The molecule has 0 unspecified atom stereocenters. The molecule has 0 radical (unpaired) electrons. The maximum atomic E-state index is 12.6. The van der Waals surface area contributed by atoms with Crippen molar-refractivity contribution in [2.75, 3.05) is 7.11 Å². The summed E-state index contributed by atoms with van der Waals surface area (Å²) < 4.78 is 47.0. The Kier molecular flexibility index (Phi) is 4.02. The van der Waals surface area contributed by atoms with Gasteiger partial charge in [0.15, 0.2) is 5.76 Å². The molecular formula is C12H7F3INO3. The van der Waals surface area contributed by atoms with Gasteiger partial charge in [0.2, 0.25) is 5.69 Å². The Balaban J connectivity index is 2.38. The highest BCUT2D eigenvalue weighted by Crippen LogP contribution is 2.37. The molecule has 0 fully saturated rings. The first-order valence-electron chi connectivity index (χ1n) is 5.25. The zero-order valence-corrected chi connectivity index (χ0v) is 12.2. The zero-order valence-electron chi connectivity index (χ0n) is 9.99. The van der Waals surface area contributed by atoms with E-state index < -0.39 is 17.8 Å². The van der Waals surface area contributed by atoms with E-state index in [4.69, 9.17) is 4.52 Å². The van der Waals surface area contributed by atoms with Crippen LogP contribution in [0.3, 0.4) is 0 Å². The second-order valence-corrected chi connectivity index (χ2v) is 4.82. The summed E-state index contributed by atoms with van der Waals surface area (Å²) in [5.74, 6) is -0.519. The Morgan fingerprint density at radius 2 is 1.90 bits per heavy atom. The van der Waals surface area contributed by atoms with E-state index in [0.717, 1.165) is 0 Å². The number of nitrogens with zero attached hydrogens (tertiary/aromatic N) is 1. The minimum absolute atomic E-state index is 0.00865. The third-order valence-corrected chi connectivity index (χ3v) is 3.47. The highest BCUT2D eigenvalue weighted by molar-refractivity contribution is 14.1. The topological polar surface area (TPSA) is 52.3 Å². The maximum Gasteiger partial charge on any atom is 0.437 e. The van der Waals surface area contributed by atoms with E-state index in [1.165, 1.54) is 54.0 Å². The Hall–Kier alpha value is -1.58. The van der Waals surface area contributed by atoms with E-state index >= 15 is 0 Å². The van der Waals surface area contributed by atoms with Crippen LogP contribution in [0.25, 0.3) is 11.3 Å². The van der Waals surface area contributed by atoms with Gasteiger partial charge in [0.25, 0.3) is 0 Å². The molecule has 1 heterocycles. The molecule has 0 saturated carbocycles. The molecule has 0 amide bonds. The number of carbonyl (C=O) groups is 1. The first kappa shape index (κ1) is 14.8. The van der Waals surface area contributed by atoms with E-state index in [1.54, 1.807) is 0 Å². The summed E-state index contributed by atoms with van der Waals surface area (Å²) in [4.78, 5) is 11.3. The van der Waals surface area contributed by atoms with Crippen molar-refractivity contribution in [1.29, 1.82) is 0 Å². The zero-order chi connectivity index (χ0) is 14.9. The summed E-state index contributed by atoms with van der Waals surface area (Å²) in [5.41, 5.74) is -0.378. The number of carbonyl (C=O) groups excluding carboxylic acids is 1. The number of hydrogen-bond donors (Lipinski definition) is 0. The van der Waals surface area contributed by atoms with Crippen molar-refractivity contribution >= 4 is 28.6 Å². The lowest BCUT2D eigenvalue weighted by Crippen LogP contribution is -2.07. The maximum absolute atomic E-state index is 12.6. The SMILES string of the molecule is COC(=O)c1ccc(-c2onc(C(F)(F)F)c2I)cc1. The van der Waals surface area contributed by atoms with Crippen LogP contribution in [-0.2, 0) is 10.9 Å². The molecule has 106 valence electrons. The number of hydrogen-bond acceptors (Lipinski definition) is 4. The van der Waals surface area contributed by atoms with E-state index in [2.05, 4.69) is 9.89 Å². The normalized spacial score (nSPS) is 11.4. The molecule has 2 aromatic rings. The molecule has 4 nitrogen and oxygen atoms in total. The van der Waals surface area contributed by atoms with Crippen molar-refractivity contribution in [3.8, 4) is 11.3 Å². The van der Waals surface area contributed by atoms with E-state index in [-0.39, 0.29) is 9.33 Å². The second kappa shape index (κ2) is 5.43. The minimum atomic E-state index is -4.57. The van der Waals surface area contributed by atoms with Gasteiger partial charge in [-0.3, -0.25) is 0 Å². The van der Waals surface area contributed by atoms with Crippen LogP contribution in [0.2, 0.25) is 0 Å². The Morgan fingerprint density at radius 3 is 2.35 bits per heavy atom. The van der Waals surface area contributed by atoms with Crippen LogP contribution in [-0.4, -0.2) is 18.2 Å². The minimum Gasteiger partial charge on any atom is -0.465 e. The van der Waals surface area contributed by atoms with Gasteiger partial charge in [-0.1, -0.05) is 17.3 Å². The highest BCUT2D eigenvalue weighted by atomic mass is 127. The van der Waals surface area contributed by atoms with Gasteiger partial charge in [-0.25, -0.2) is 4.79 Å². The number of esters is 1. The van der Waals surface area contributed by atoms with Gasteiger partial charge in [0.1, 0.15) is 0 Å². The van der Waals surface area contributed by atoms with Gasteiger partial charge in [0, 0.05) is 5.56 Å². The molecule has 0 N–H and O–H groups in total. The van der Waals surface area contributed by atoms with Crippen LogP contribution in [0, 0.1) is 3.57 Å². The number of rotatable bonds is 2. The summed E-state index contributed by atoms with van der Waals surface area (Å²) in [6.07, 6.45) is -4.57. The fourth-order valence-electron chi connectivity index (χ4n) is 1.51. The van der Waals surface area contributed by atoms with Gasteiger partial charge in [-0.05, 0) is 34.7 Å². The monoisotopic (exact) mass is 397 g/mol. The molecule has 1 aromatic heterocycles. The van der Waals surface area contributed by atoms with Crippen LogP contribution in [0.5, 0.6) is 0 Å². The van der Waals surface area contributed by atoms with Gasteiger partial charge in [-0.15, -0.1) is 0 Å². The largest absolute Gasteiger partial charge is 0.465 e. The first-order chi connectivity index (χ1) is 9.34. The van der Waals surface area contributed by atoms with E-state index in [9.17, 15) is 18.0 Å². The lowest BCUT2D eigenvalue weighted by molar-refractivity contribution is -0.143. The summed E-state index contributed by atoms with van der Waals surface area (Å²) in [6.45, 7) is 0. The smallest absolute Gasteiger partial charge is 0.437 e. The lowest BCUT2D eigenvalue weighted by atomic mass is 10.1. The first-order valence-corrected chi connectivity index (χ1v) is 6.33. The van der Waals surface area contributed by atoms with Gasteiger partial charge < -0.3 is 9.26 Å².